The fourth-order valence-corrected chi connectivity index (χ4v) is 1.18. The van der Waals surface area contributed by atoms with Crippen molar-refractivity contribution in [3.05, 3.63) is 17.0 Å². The molecule has 0 saturated carbocycles. The average Bonchev–Trinajstić information content (AvgIpc) is 2.30. The van der Waals surface area contributed by atoms with Gasteiger partial charge in [-0.2, -0.15) is 5.10 Å². The summed E-state index contributed by atoms with van der Waals surface area (Å²) in [5.74, 6) is -0.693. The highest BCUT2D eigenvalue weighted by Crippen LogP contribution is 2.18. The summed E-state index contributed by atoms with van der Waals surface area (Å²) in [4.78, 5) is 10.6. The Morgan fingerprint density at radius 1 is 1.58 bits per heavy atom. The Morgan fingerprint density at radius 2 is 2.17 bits per heavy atom. The Morgan fingerprint density at radius 3 is 2.42 bits per heavy atom. The van der Waals surface area contributed by atoms with Crippen LogP contribution in [0.1, 0.15) is 41.5 Å². The lowest BCUT2D eigenvalue weighted by Crippen LogP contribution is -1.99. The smallest absolute Gasteiger partial charge is 0.356 e. The number of H-pyrrole nitrogens is 1. The molecule has 1 aromatic rings. The average molecular weight is 168 g/mol. The van der Waals surface area contributed by atoms with Gasteiger partial charge in [-0.25, -0.2) is 4.79 Å². The first-order chi connectivity index (χ1) is 5.54. The zero-order chi connectivity index (χ0) is 9.30. The summed E-state index contributed by atoms with van der Waals surface area (Å²) >= 11 is 0. The molecule has 12 heavy (non-hydrogen) atoms. The highest BCUT2D eigenvalue weighted by atomic mass is 16.4. The van der Waals surface area contributed by atoms with E-state index in [1.807, 2.05) is 13.8 Å². The molecule has 1 rings (SSSR count). The first-order valence-electron chi connectivity index (χ1n) is 3.82. The van der Waals surface area contributed by atoms with Crippen LogP contribution in [0.3, 0.4) is 0 Å². The van der Waals surface area contributed by atoms with Crippen LogP contribution in [0, 0.1) is 6.92 Å². The van der Waals surface area contributed by atoms with Gasteiger partial charge in [-0.3, -0.25) is 5.10 Å². The molecule has 2 N–H and O–H groups in total. The Kier molecular flexibility index (Phi) is 2.17. The van der Waals surface area contributed by atoms with Crippen molar-refractivity contribution < 1.29 is 9.90 Å². The van der Waals surface area contributed by atoms with E-state index in [9.17, 15) is 4.79 Å². The van der Waals surface area contributed by atoms with Crippen LogP contribution in [0.4, 0.5) is 0 Å². The van der Waals surface area contributed by atoms with Gasteiger partial charge < -0.3 is 5.11 Å². The van der Waals surface area contributed by atoms with Gasteiger partial charge in [0.2, 0.25) is 0 Å². The van der Waals surface area contributed by atoms with Gasteiger partial charge in [-0.15, -0.1) is 0 Å². The summed E-state index contributed by atoms with van der Waals surface area (Å²) in [6.45, 7) is 5.75. The second kappa shape index (κ2) is 2.97. The molecule has 4 heteroatoms. The quantitative estimate of drug-likeness (QED) is 0.703. The summed E-state index contributed by atoms with van der Waals surface area (Å²) < 4.78 is 0. The van der Waals surface area contributed by atoms with Crippen LogP contribution in [0.15, 0.2) is 0 Å². The lowest BCUT2D eigenvalue weighted by atomic mass is 10.1. The highest BCUT2D eigenvalue weighted by molar-refractivity contribution is 5.87. The maximum atomic E-state index is 10.6. The minimum absolute atomic E-state index is 0.124. The first-order valence-corrected chi connectivity index (χ1v) is 3.82. The zero-order valence-electron chi connectivity index (χ0n) is 7.38. The second-order valence-electron chi connectivity index (χ2n) is 3.07. The van der Waals surface area contributed by atoms with Crippen molar-refractivity contribution in [2.24, 2.45) is 0 Å². The number of rotatable bonds is 2. The van der Waals surface area contributed by atoms with Gasteiger partial charge in [0.05, 0.1) is 0 Å². The van der Waals surface area contributed by atoms with E-state index in [0.717, 1.165) is 11.3 Å². The normalized spacial score (nSPS) is 10.7. The lowest BCUT2D eigenvalue weighted by molar-refractivity contribution is 0.0689. The predicted molar refractivity (Wildman–Crippen MR) is 44.4 cm³/mol. The Labute approximate surface area is 70.6 Å². The number of carboxylic acid groups (broad SMARTS) is 1. The van der Waals surface area contributed by atoms with E-state index in [-0.39, 0.29) is 11.6 Å². The molecule has 0 aliphatic heterocycles. The van der Waals surface area contributed by atoms with Gasteiger partial charge in [0.25, 0.3) is 0 Å². The summed E-state index contributed by atoms with van der Waals surface area (Å²) in [6, 6.07) is 0. The molecule has 0 atom stereocenters. The molecule has 1 heterocycles. The molecule has 1 aromatic heterocycles. The van der Waals surface area contributed by atoms with Gasteiger partial charge in [-0.05, 0) is 12.8 Å². The molecule has 0 fully saturated rings. The maximum absolute atomic E-state index is 10.6. The monoisotopic (exact) mass is 168 g/mol. The Balaban J connectivity index is 3.13. The fraction of sp³-hybridized carbons (Fsp3) is 0.500. The molecule has 0 aliphatic rings. The summed E-state index contributed by atoms with van der Waals surface area (Å²) in [7, 11) is 0. The maximum Gasteiger partial charge on any atom is 0.356 e. The van der Waals surface area contributed by atoms with Crippen molar-refractivity contribution in [2.45, 2.75) is 26.7 Å². The standard InChI is InChI=1S/C8H12N2O2/c1-4(2)6-5(3)7(8(11)12)10-9-6/h4H,1-3H3,(H,9,10)(H,11,12). The number of hydrogen-bond acceptors (Lipinski definition) is 2. The summed E-state index contributed by atoms with van der Waals surface area (Å²) in [5.41, 5.74) is 1.75. The fourth-order valence-electron chi connectivity index (χ4n) is 1.18. The first kappa shape index (κ1) is 8.77. The van der Waals surface area contributed by atoms with Crippen molar-refractivity contribution >= 4 is 5.97 Å². The van der Waals surface area contributed by atoms with Crippen LogP contribution >= 0.6 is 0 Å². The topological polar surface area (TPSA) is 66.0 Å². The molecule has 0 aromatic carbocycles. The Bertz CT molecular complexity index is 302. The number of nitrogens with zero attached hydrogens (tertiary/aromatic N) is 1. The molecule has 66 valence electrons. The van der Waals surface area contributed by atoms with Crippen LogP contribution in [0.2, 0.25) is 0 Å². The van der Waals surface area contributed by atoms with Gasteiger partial charge in [0.1, 0.15) is 0 Å². The third-order valence-electron chi connectivity index (χ3n) is 1.83. The lowest BCUT2D eigenvalue weighted by Gasteiger charge is -2.00. The summed E-state index contributed by atoms with van der Waals surface area (Å²) in [5, 5.41) is 15.1. The van der Waals surface area contributed by atoms with Crippen molar-refractivity contribution in [2.75, 3.05) is 0 Å². The molecule has 0 aliphatic carbocycles. The molecule has 0 spiro atoms. The van der Waals surface area contributed by atoms with Crippen molar-refractivity contribution in [1.29, 1.82) is 0 Å². The van der Waals surface area contributed by atoms with Gasteiger partial charge in [-0.1, -0.05) is 13.8 Å². The molecule has 0 amide bonds. The molecule has 0 bridgehead atoms. The number of carbonyl (C=O) groups is 1. The van der Waals surface area contributed by atoms with Crippen molar-refractivity contribution in [3.8, 4) is 0 Å². The number of carboxylic acids is 1. The molecule has 4 nitrogen and oxygen atoms in total. The van der Waals surface area contributed by atoms with E-state index in [0.29, 0.717) is 0 Å². The van der Waals surface area contributed by atoms with E-state index < -0.39 is 5.97 Å². The van der Waals surface area contributed by atoms with E-state index in [4.69, 9.17) is 5.11 Å². The largest absolute Gasteiger partial charge is 0.476 e. The van der Waals surface area contributed by atoms with E-state index in [1.165, 1.54) is 0 Å². The minimum atomic E-state index is -0.976. The minimum Gasteiger partial charge on any atom is -0.476 e. The van der Waals surface area contributed by atoms with Gasteiger partial charge in [0.15, 0.2) is 5.69 Å². The van der Waals surface area contributed by atoms with E-state index in [2.05, 4.69) is 10.2 Å². The van der Waals surface area contributed by atoms with Crippen LogP contribution in [0.25, 0.3) is 0 Å². The van der Waals surface area contributed by atoms with E-state index in [1.54, 1.807) is 6.92 Å². The Hall–Kier alpha value is -1.32. The predicted octanol–water partition coefficient (Wildman–Crippen LogP) is 1.54. The van der Waals surface area contributed by atoms with Gasteiger partial charge >= 0.3 is 5.97 Å². The van der Waals surface area contributed by atoms with Crippen LogP contribution in [-0.2, 0) is 0 Å². The van der Waals surface area contributed by atoms with Crippen molar-refractivity contribution in [1.82, 2.24) is 10.2 Å². The SMILES string of the molecule is Cc1c(C(=O)O)n[nH]c1C(C)C. The third-order valence-corrected chi connectivity index (χ3v) is 1.83. The molecule has 0 radical (unpaired) electrons. The number of aromatic amines is 1. The number of aromatic nitrogens is 2. The zero-order valence-corrected chi connectivity index (χ0v) is 7.38. The van der Waals surface area contributed by atoms with Crippen LogP contribution in [-0.4, -0.2) is 21.3 Å². The van der Waals surface area contributed by atoms with Crippen molar-refractivity contribution in [3.63, 3.8) is 0 Å². The third kappa shape index (κ3) is 1.32. The molecular formula is C8H12N2O2. The number of nitrogens with one attached hydrogen (secondary N) is 1. The second-order valence-corrected chi connectivity index (χ2v) is 3.07. The van der Waals surface area contributed by atoms with Crippen LogP contribution in [0.5, 0.6) is 0 Å². The highest BCUT2D eigenvalue weighted by Gasteiger charge is 2.16. The number of hydrogen-bond donors (Lipinski definition) is 2. The molecular weight excluding hydrogens is 156 g/mol. The molecule has 0 unspecified atom stereocenters. The summed E-state index contributed by atoms with van der Waals surface area (Å²) in [6.07, 6.45) is 0. The number of aromatic carboxylic acids is 1. The van der Waals surface area contributed by atoms with Gasteiger partial charge in [0, 0.05) is 11.3 Å². The molecule has 0 saturated heterocycles. The van der Waals surface area contributed by atoms with Crippen LogP contribution < -0.4 is 0 Å². The van der Waals surface area contributed by atoms with E-state index >= 15 is 0 Å².